The molecule has 0 bridgehead atoms. The van der Waals surface area contributed by atoms with Gasteiger partial charge in [-0.25, -0.2) is 4.98 Å². The number of rotatable bonds is 9. The second kappa shape index (κ2) is 11.6. The van der Waals surface area contributed by atoms with Crippen LogP contribution in [0.25, 0.3) is 32.6 Å². The predicted molar refractivity (Wildman–Crippen MR) is 177 cm³/mol. The van der Waals surface area contributed by atoms with Crippen LogP contribution in [0.4, 0.5) is 0 Å². The maximum atomic E-state index is 13.1. The van der Waals surface area contributed by atoms with E-state index in [0.29, 0.717) is 19.8 Å². The highest BCUT2D eigenvalue weighted by atomic mass is 32.1. The first kappa shape index (κ1) is 29.7. The van der Waals surface area contributed by atoms with Gasteiger partial charge in [-0.05, 0) is 73.9 Å². The van der Waals surface area contributed by atoms with E-state index >= 15 is 0 Å². The molecule has 6 nitrogen and oxygen atoms in total. The molecule has 0 aliphatic heterocycles. The summed E-state index contributed by atoms with van der Waals surface area (Å²) >= 11 is 1.61. The maximum absolute atomic E-state index is 13.1. The molecule has 0 unspecified atom stereocenters. The number of carbonyl (C=O) groups excluding carboxylic acids is 1. The van der Waals surface area contributed by atoms with E-state index in [2.05, 4.69) is 61.2 Å². The first-order chi connectivity index (χ1) is 21.0. The maximum Gasteiger partial charge on any atom is 0.316 e. The molecule has 226 valence electrons. The van der Waals surface area contributed by atoms with Crippen LogP contribution in [0.1, 0.15) is 63.9 Å². The van der Waals surface area contributed by atoms with Crippen LogP contribution in [0.3, 0.4) is 0 Å². The van der Waals surface area contributed by atoms with Gasteiger partial charge in [-0.2, -0.15) is 0 Å². The van der Waals surface area contributed by atoms with Gasteiger partial charge in [0.1, 0.15) is 17.9 Å². The summed E-state index contributed by atoms with van der Waals surface area (Å²) in [5, 5.41) is 5.00. The Morgan fingerprint density at radius 1 is 0.955 bits per heavy atom. The second-order valence-corrected chi connectivity index (χ2v) is 13.6. The van der Waals surface area contributed by atoms with Crippen LogP contribution in [0.2, 0.25) is 0 Å². The van der Waals surface area contributed by atoms with Gasteiger partial charge in [-0.3, -0.25) is 4.79 Å². The number of esters is 1. The molecule has 0 saturated heterocycles. The molecule has 7 heteroatoms. The van der Waals surface area contributed by atoms with Gasteiger partial charge < -0.3 is 18.5 Å². The van der Waals surface area contributed by atoms with Crippen molar-refractivity contribution in [1.29, 1.82) is 0 Å². The molecule has 0 saturated carbocycles. The lowest BCUT2D eigenvalue weighted by Crippen LogP contribution is -2.31. The number of ether oxygens (including phenoxy) is 2. The molecule has 0 atom stereocenters. The van der Waals surface area contributed by atoms with Gasteiger partial charge in [0.15, 0.2) is 10.8 Å². The standard InChI is InChI=1S/C37H38N2O4S/c1-7-41-35(40)37(5,6)29-21-39(30-15-14-27(19-28(29)30)42-22-24-11-9-8-10-12-24)20-25-13-16-31-26(17-25)18-32(43-31)34-38-33(23-44-34)36(2,3)4/h8-19,21,23H,7,20,22H2,1-6H3. The highest BCUT2D eigenvalue weighted by molar-refractivity contribution is 7.13. The highest BCUT2D eigenvalue weighted by Gasteiger charge is 2.34. The zero-order valence-corrected chi connectivity index (χ0v) is 27.0. The summed E-state index contributed by atoms with van der Waals surface area (Å²) in [6.07, 6.45) is 2.08. The number of carbonyl (C=O) groups is 1. The Balaban J connectivity index is 1.34. The first-order valence-electron chi connectivity index (χ1n) is 15.0. The fourth-order valence-corrected chi connectivity index (χ4v) is 6.38. The molecule has 0 radical (unpaired) electrons. The minimum absolute atomic E-state index is 0.0110. The number of thiazole rings is 1. The highest BCUT2D eigenvalue weighted by Crippen LogP contribution is 2.37. The Morgan fingerprint density at radius 2 is 1.75 bits per heavy atom. The van der Waals surface area contributed by atoms with Gasteiger partial charge in [0.2, 0.25) is 0 Å². The number of nitrogens with zero attached hydrogens (tertiary/aromatic N) is 2. The van der Waals surface area contributed by atoms with Crippen LogP contribution < -0.4 is 4.74 Å². The summed E-state index contributed by atoms with van der Waals surface area (Å²) in [5.41, 5.74) is 5.19. The quantitative estimate of drug-likeness (QED) is 0.154. The van der Waals surface area contributed by atoms with Gasteiger partial charge in [-0.1, -0.05) is 57.2 Å². The fraction of sp³-hybridized carbons (Fsp3) is 0.297. The van der Waals surface area contributed by atoms with Crippen LogP contribution in [-0.4, -0.2) is 22.1 Å². The second-order valence-electron chi connectivity index (χ2n) is 12.7. The first-order valence-corrected chi connectivity index (χ1v) is 15.9. The molecule has 0 aliphatic rings. The van der Waals surface area contributed by atoms with Gasteiger partial charge in [0.05, 0.1) is 17.7 Å². The zero-order valence-electron chi connectivity index (χ0n) is 26.1. The Bertz CT molecular complexity index is 1940. The van der Waals surface area contributed by atoms with E-state index in [-0.39, 0.29) is 11.4 Å². The van der Waals surface area contributed by atoms with Crippen molar-refractivity contribution < 1.29 is 18.7 Å². The lowest BCUT2D eigenvalue weighted by Gasteiger charge is -2.22. The topological polar surface area (TPSA) is 66.5 Å². The van der Waals surface area contributed by atoms with Gasteiger partial charge >= 0.3 is 5.97 Å². The van der Waals surface area contributed by atoms with E-state index < -0.39 is 5.41 Å². The largest absolute Gasteiger partial charge is 0.489 e. The third-order valence-electron chi connectivity index (χ3n) is 7.98. The Kier molecular flexibility index (Phi) is 7.84. The van der Waals surface area contributed by atoms with Crippen molar-refractivity contribution in [1.82, 2.24) is 9.55 Å². The van der Waals surface area contributed by atoms with Crippen LogP contribution in [0.5, 0.6) is 5.75 Å². The molecule has 3 aromatic heterocycles. The number of aromatic nitrogens is 2. The van der Waals surface area contributed by atoms with Crippen molar-refractivity contribution in [3.8, 4) is 16.5 Å². The molecule has 0 amide bonds. The normalized spacial score (nSPS) is 12.2. The van der Waals surface area contributed by atoms with Crippen molar-refractivity contribution >= 4 is 39.2 Å². The van der Waals surface area contributed by atoms with E-state index in [1.165, 1.54) is 0 Å². The van der Waals surface area contributed by atoms with Crippen molar-refractivity contribution in [3.05, 3.63) is 107 Å². The molecular formula is C37H38N2O4S. The average Bonchev–Trinajstić information content (AvgIpc) is 3.74. The summed E-state index contributed by atoms with van der Waals surface area (Å²) in [6, 6.07) is 24.6. The summed E-state index contributed by atoms with van der Waals surface area (Å²) in [7, 11) is 0. The third-order valence-corrected chi connectivity index (χ3v) is 8.83. The molecule has 0 spiro atoms. The molecule has 0 aliphatic carbocycles. The van der Waals surface area contributed by atoms with E-state index in [1.807, 2.05) is 69.3 Å². The zero-order chi connectivity index (χ0) is 31.1. The summed E-state index contributed by atoms with van der Waals surface area (Å²) in [5.74, 6) is 1.29. The van der Waals surface area contributed by atoms with Crippen molar-refractivity contribution in [3.63, 3.8) is 0 Å². The molecular weight excluding hydrogens is 568 g/mol. The lowest BCUT2D eigenvalue weighted by molar-refractivity contribution is -0.148. The molecule has 3 aromatic carbocycles. The molecule has 6 rings (SSSR count). The third kappa shape index (κ3) is 5.89. The van der Waals surface area contributed by atoms with Crippen LogP contribution in [0.15, 0.2) is 88.8 Å². The van der Waals surface area contributed by atoms with Crippen molar-refractivity contribution in [2.75, 3.05) is 6.61 Å². The lowest BCUT2D eigenvalue weighted by atomic mass is 9.84. The average molecular weight is 607 g/mol. The fourth-order valence-electron chi connectivity index (χ4n) is 5.38. The van der Waals surface area contributed by atoms with Gasteiger partial charge in [0, 0.05) is 39.8 Å². The monoisotopic (exact) mass is 606 g/mol. The van der Waals surface area contributed by atoms with Gasteiger partial charge in [-0.15, -0.1) is 11.3 Å². The smallest absolute Gasteiger partial charge is 0.316 e. The summed E-state index contributed by atoms with van der Waals surface area (Å²) < 4.78 is 20.1. The number of fused-ring (bicyclic) bond motifs is 2. The summed E-state index contributed by atoms with van der Waals surface area (Å²) in [4.78, 5) is 18.0. The predicted octanol–water partition coefficient (Wildman–Crippen LogP) is 9.28. The Labute approximate surface area is 262 Å². The van der Waals surface area contributed by atoms with Crippen LogP contribution >= 0.6 is 11.3 Å². The van der Waals surface area contributed by atoms with Crippen LogP contribution in [-0.2, 0) is 33.5 Å². The van der Waals surface area contributed by atoms with Crippen LogP contribution in [0, 0.1) is 0 Å². The van der Waals surface area contributed by atoms with E-state index in [9.17, 15) is 4.79 Å². The molecule has 3 heterocycles. The number of hydrogen-bond donors (Lipinski definition) is 0. The van der Waals surface area contributed by atoms with Gasteiger partial charge in [0.25, 0.3) is 0 Å². The minimum Gasteiger partial charge on any atom is -0.489 e. The molecule has 6 aromatic rings. The molecule has 0 N–H and O–H groups in total. The van der Waals surface area contributed by atoms with E-state index in [1.54, 1.807) is 11.3 Å². The van der Waals surface area contributed by atoms with Crippen molar-refractivity contribution in [2.24, 2.45) is 0 Å². The SMILES string of the molecule is CCOC(=O)C(C)(C)c1cn(Cc2ccc3oc(-c4nc(C(C)(C)C)cs4)cc3c2)c2ccc(OCc3ccccc3)cc12. The van der Waals surface area contributed by atoms with E-state index in [0.717, 1.165) is 60.8 Å². The van der Waals surface area contributed by atoms with E-state index in [4.69, 9.17) is 18.9 Å². The minimum atomic E-state index is -0.847. The van der Waals surface area contributed by atoms with Crippen molar-refractivity contribution in [2.45, 2.75) is 65.5 Å². The molecule has 0 fully saturated rings. The molecule has 44 heavy (non-hydrogen) atoms. The number of furan rings is 1. The Hall–Kier alpha value is -4.36. The summed E-state index contributed by atoms with van der Waals surface area (Å²) in [6.45, 7) is 13.6. The number of hydrogen-bond acceptors (Lipinski definition) is 6. The Morgan fingerprint density at radius 3 is 2.48 bits per heavy atom. The number of benzene rings is 3.